The van der Waals surface area contributed by atoms with E-state index < -0.39 is 5.82 Å². The van der Waals surface area contributed by atoms with Gasteiger partial charge in [0.2, 0.25) is 0 Å². The van der Waals surface area contributed by atoms with Gasteiger partial charge in [0, 0.05) is 11.1 Å². The zero-order valence-corrected chi connectivity index (χ0v) is 14.1. The Morgan fingerprint density at radius 2 is 1.73 bits per heavy atom. The van der Waals surface area contributed by atoms with Crippen LogP contribution in [0.25, 0.3) is 11.1 Å². The van der Waals surface area contributed by atoms with Gasteiger partial charge in [0.25, 0.3) is 0 Å². The number of pyridine rings is 1. The molecule has 0 spiro atoms. The van der Waals surface area contributed by atoms with Gasteiger partial charge in [-0.2, -0.15) is 0 Å². The molecule has 1 aromatic heterocycles. The molecular formula is C17H19ClFNO2. The highest BCUT2D eigenvalue weighted by molar-refractivity contribution is 6.30. The Labute approximate surface area is 135 Å². The monoisotopic (exact) mass is 323 g/mol. The average molecular weight is 324 g/mol. The lowest BCUT2D eigenvalue weighted by Gasteiger charge is -2.25. The van der Waals surface area contributed by atoms with Crippen molar-refractivity contribution in [2.75, 3.05) is 14.2 Å². The van der Waals surface area contributed by atoms with Gasteiger partial charge >= 0.3 is 0 Å². The van der Waals surface area contributed by atoms with Crippen molar-refractivity contribution >= 4 is 11.6 Å². The van der Waals surface area contributed by atoms with Crippen molar-refractivity contribution in [3.63, 3.8) is 0 Å². The quantitative estimate of drug-likeness (QED) is 0.756. The lowest BCUT2D eigenvalue weighted by Crippen LogP contribution is -2.15. The molecule has 2 rings (SSSR count). The number of benzene rings is 1. The smallest absolute Gasteiger partial charge is 0.165 e. The van der Waals surface area contributed by atoms with Crippen molar-refractivity contribution < 1.29 is 13.9 Å². The molecule has 0 radical (unpaired) electrons. The van der Waals surface area contributed by atoms with E-state index in [9.17, 15) is 4.39 Å². The summed E-state index contributed by atoms with van der Waals surface area (Å²) >= 11 is 6.31. The van der Waals surface area contributed by atoms with Crippen LogP contribution in [0.1, 0.15) is 26.3 Å². The molecule has 0 fully saturated rings. The zero-order chi connectivity index (χ0) is 16.5. The zero-order valence-electron chi connectivity index (χ0n) is 13.3. The fraction of sp³-hybridized carbons (Fsp3) is 0.353. The summed E-state index contributed by atoms with van der Waals surface area (Å²) < 4.78 is 24.5. The Morgan fingerprint density at radius 3 is 2.23 bits per heavy atom. The summed E-state index contributed by atoms with van der Waals surface area (Å²) in [5.41, 5.74) is 1.96. The van der Waals surface area contributed by atoms with Crippen LogP contribution in [0.15, 0.2) is 24.4 Å². The molecule has 0 saturated heterocycles. The van der Waals surface area contributed by atoms with Crippen molar-refractivity contribution in [2.45, 2.75) is 26.2 Å². The fourth-order valence-corrected chi connectivity index (χ4v) is 2.85. The number of halogens is 2. The van der Waals surface area contributed by atoms with Crippen LogP contribution >= 0.6 is 11.6 Å². The van der Waals surface area contributed by atoms with E-state index in [1.165, 1.54) is 13.2 Å². The maximum atomic E-state index is 14.1. The van der Waals surface area contributed by atoms with Gasteiger partial charge in [-0.1, -0.05) is 38.4 Å². The number of ether oxygens (including phenoxy) is 2. The van der Waals surface area contributed by atoms with E-state index in [4.69, 9.17) is 21.1 Å². The highest BCUT2D eigenvalue weighted by Gasteiger charge is 2.26. The summed E-state index contributed by atoms with van der Waals surface area (Å²) in [5, 5.41) is 0.388. The van der Waals surface area contributed by atoms with Gasteiger partial charge in [-0.05, 0) is 23.1 Å². The molecule has 2 aromatic rings. The van der Waals surface area contributed by atoms with Crippen molar-refractivity contribution in [2.24, 2.45) is 0 Å². The largest absolute Gasteiger partial charge is 0.494 e. The molecule has 0 atom stereocenters. The van der Waals surface area contributed by atoms with Gasteiger partial charge in [0.15, 0.2) is 11.6 Å². The molecule has 3 nitrogen and oxygen atoms in total. The molecule has 0 aliphatic rings. The van der Waals surface area contributed by atoms with E-state index in [0.717, 1.165) is 11.1 Å². The first-order chi connectivity index (χ1) is 10.3. The van der Waals surface area contributed by atoms with Gasteiger partial charge in [-0.3, -0.25) is 0 Å². The van der Waals surface area contributed by atoms with E-state index in [0.29, 0.717) is 16.5 Å². The van der Waals surface area contributed by atoms with E-state index >= 15 is 0 Å². The first-order valence-electron chi connectivity index (χ1n) is 6.86. The van der Waals surface area contributed by atoms with E-state index in [1.54, 1.807) is 25.4 Å². The molecule has 5 heteroatoms. The minimum absolute atomic E-state index is 0.195. The van der Waals surface area contributed by atoms with Crippen LogP contribution in [-0.4, -0.2) is 19.2 Å². The highest BCUT2D eigenvalue weighted by atomic mass is 35.5. The maximum absolute atomic E-state index is 14.1. The average Bonchev–Trinajstić information content (AvgIpc) is 2.45. The molecule has 0 aliphatic heterocycles. The summed E-state index contributed by atoms with van der Waals surface area (Å²) in [4.78, 5) is 4.18. The molecule has 118 valence electrons. The number of hydrogen-bond donors (Lipinski definition) is 0. The molecule has 0 saturated carbocycles. The molecule has 0 bridgehead atoms. The van der Waals surface area contributed by atoms with Crippen LogP contribution in [0.5, 0.6) is 11.5 Å². The van der Waals surface area contributed by atoms with Crippen LogP contribution in [0.3, 0.4) is 0 Å². The van der Waals surface area contributed by atoms with Crippen molar-refractivity contribution in [3.8, 4) is 22.6 Å². The van der Waals surface area contributed by atoms with Gasteiger partial charge in [-0.25, -0.2) is 9.37 Å². The molecule has 0 N–H and O–H groups in total. The number of rotatable bonds is 3. The lowest BCUT2D eigenvalue weighted by molar-refractivity contribution is 0.386. The van der Waals surface area contributed by atoms with E-state index in [-0.39, 0.29) is 11.2 Å². The lowest BCUT2D eigenvalue weighted by atomic mass is 9.82. The third kappa shape index (κ3) is 3.02. The third-order valence-electron chi connectivity index (χ3n) is 3.41. The minimum Gasteiger partial charge on any atom is -0.494 e. The second-order valence-electron chi connectivity index (χ2n) is 5.97. The SMILES string of the molecule is COc1ccc(-c2c(OC)cnc(Cl)c2C(C)(C)C)cc1F. The third-order valence-corrected chi connectivity index (χ3v) is 3.69. The standard InChI is InChI=1S/C17H19ClFNO2/c1-17(2,3)15-14(13(22-5)9-20-16(15)18)10-6-7-12(21-4)11(19)8-10/h6-9H,1-5H3. The Bertz CT molecular complexity index is 696. The Balaban J connectivity index is 2.78. The van der Waals surface area contributed by atoms with Crippen LogP contribution in [-0.2, 0) is 5.41 Å². The van der Waals surface area contributed by atoms with E-state index in [1.807, 2.05) is 20.8 Å². The number of methoxy groups -OCH3 is 2. The molecule has 0 aliphatic carbocycles. The second-order valence-corrected chi connectivity index (χ2v) is 6.32. The summed E-state index contributed by atoms with van der Waals surface area (Å²) in [6, 6.07) is 4.79. The summed E-state index contributed by atoms with van der Waals surface area (Å²) in [6.07, 6.45) is 1.55. The van der Waals surface area contributed by atoms with Crippen LogP contribution in [0, 0.1) is 5.82 Å². The second kappa shape index (κ2) is 6.13. The van der Waals surface area contributed by atoms with Crippen LogP contribution in [0.4, 0.5) is 4.39 Å². The molecular weight excluding hydrogens is 305 g/mol. The predicted molar refractivity (Wildman–Crippen MR) is 86.4 cm³/mol. The maximum Gasteiger partial charge on any atom is 0.165 e. The van der Waals surface area contributed by atoms with Crippen molar-refractivity contribution in [3.05, 3.63) is 40.9 Å². The summed E-state index contributed by atoms with van der Waals surface area (Å²) in [5.74, 6) is 0.314. The first kappa shape index (κ1) is 16.6. The topological polar surface area (TPSA) is 31.4 Å². The number of hydrogen-bond acceptors (Lipinski definition) is 3. The van der Waals surface area contributed by atoms with Crippen LogP contribution in [0.2, 0.25) is 5.15 Å². The van der Waals surface area contributed by atoms with Gasteiger partial charge < -0.3 is 9.47 Å². The summed E-state index contributed by atoms with van der Waals surface area (Å²) in [7, 11) is 2.99. The Hall–Kier alpha value is -1.81. The Kier molecular flexibility index (Phi) is 4.61. The van der Waals surface area contributed by atoms with Crippen LogP contribution < -0.4 is 9.47 Å². The molecule has 1 heterocycles. The van der Waals surface area contributed by atoms with Crippen molar-refractivity contribution in [1.82, 2.24) is 4.98 Å². The highest BCUT2D eigenvalue weighted by Crippen LogP contribution is 2.42. The molecule has 22 heavy (non-hydrogen) atoms. The normalized spacial score (nSPS) is 11.4. The van der Waals surface area contributed by atoms with Gasteiger partial charge in [0.05, 0.1) is 20.4 Å². The predicted octanol–water partition coefficient (Wildman–Crippen LogP) is 4.86. The number of nitrogens with zero attached hydrogens (tertiary/aromatic N) is 1. The summed E-state index contributed by atoms with van der Waals surface area (Å²) in [6.45, 7) is 6.08. The van der Waals surface area contributed by atoms with E-state index in [2.05, 4.69) is 4.98 Å². The molecule has 0 amide bonds. The Morgan fingerprint density at radius 1 is 1.09 bits per heavy atom. The van der Waals surface area contributed by atoms with Crippen molar-refractivity contribution in [1.29, 1.82) is 0 Å². The number of aromatic nitrogens is 1. The van der Waals surface area contributed by atoms with Gasteiger partial charge in [-0.15, -0.1) is 0 Å². The van der Waals surface area contributed by atoms with Gasteiger partial charge in [0.1, 0.15) is 10.9 Å². The minimum atomic E-state index is -0.435. The first-order valence-corrected chi connectivity index (χ1v) is 7.24. The molecule has 0 unspecified atom stereocenters. The fourth-order valence-electron chi connectivity index (χ4n) is 2.42. The molecule has 1 aromatic carbocycles.